The summed E-state index contributed by atoms with van der Waals surface area (Å²) < 4.78 is 5.12. The molecule has 0 heterocycles. The Morgan fingerprint density at radius 1 is 1.60 bits per heavy atom. The van der Waals surface area contributed by atoms with Crippen LogP contribution in [0.1, 0.15) is 33.6 Å². The Kier molecular flexibility index (Phi) is 3.09. The van der Waals surface area contributed by atoms with Gasteiger partial charge in [0.25, 0.3) is 0 Å². The first-order valence-electron chi connectivity index (χ1n) is 5.05. The molecule has 1 amide bonds. The molecular weight excluding hydrogens is 194 g/mol. The quantitative estimate of drug-likeness (QED) is 0.685. The number of carbonyl (C=O) groups is 1. The van der Waals surface area contributed by atoms with Crippen LogP contribution < -0.4 is 5.32 Å². The van der Waals surface area contributed by atoms with Crippen molar-refractivity contribution < 1.29 is 14.6 Å². The van der Waals surface area contributed by atoms with E-state index in [-0.39, 0.29) is 6.61 Å². The van der Waals surface area contributed by atoms with Crippen molar-refractivity contribution in [3.63, 3.8) is 0 Å². The molecule has 0 radical (unpaired) electrons. The van der Waals surface area contributed by atoms with E-state index in [1.807, 2.05) is 0 Å². The zero-order chi connectivity index (χ0) is 11.7. The third-order valence-corrected chi connectivity index (χ3v) is 2.25. The highest BCUT2D eigenvalue weighted by Crippen LogP contribution is 2.35. The van der Waals surface area contributed by atoms with Gasteiger partial charge in [-0.3, -0.25) is 0 Å². The van der Waals surface area contributed by atoms with Crippen LogP contribution in [0.5, 0.6) is 0 Å². The molecule has 0 unspecified atom stereocenters. The zero-order valence-corrected chi connectivity index (χ0v) is 9.59. The Labute approximate surface area is 90.3 Å². The molecule has 1 aliphatic carbocycles. The van der Waals surface area contributed by atoms with E-state index in [9.17, 15) is 9.90 Å². The monoisotopic (exact) mass is 213 g/mol. The zero-order valence-electron chi connectivity index (χ0n) is 9.59. The lowest BCUT2D eigenvalue weighted by molar-refractivity contribution is 0.0345. The second-order valence-corrected chi connectivity index (χ2v) is 5.17. The van der Waals surface area contributed by atoms with Gasteiger partial charge in [0.2, 0.25) is 0 Å². The van der Waals surface area contributed by atoms with Gasteiger partial charge in [0.15, 0.2) is 0 Å². The summed E-state index contributed by atoms with van der Waals surface area (Å²) in [5, 5.41) is 11.9. The molecule has 2 N–H and O–H groups in total. The lowest BCUT2D eigenvalue weighted by Crippen LogP contribution is -2.57. The molecule has 4 nitrogen and oxygen atoms in total. The molecule has 0 aromatic rings. The fourth-order valence-corrected chi connectivity index (χ4v) is 1.67. The van der Waals surface area contributed by atoms with Gasteiger partial charge in [-0.1, -0.05) is 12.2 Å². The summed E-state index contributed by atoms with van der Waals surface area (Å²) >= 11 is 0. The van der Waals surface area contributed by atoms with Gasteiger partial charge in [-0.15, -0.1) is 0 Å². The molecule has 1 aliphatic rings. The normalized spacial score (nSPS) is 19.3. The minimum Gasteiger partial charge on any atom is -0.444 e. The van der Waals surface area contributed by atoms with E-state index in [0.29, 0.717) is 12.8 Å². The SMILES string of the molecule is C=C1CC(CO)(NC(=O)OC(C)(C)C)C1. The summed E-state index contributed by atoms with van der Waals surface area (Å²) in [5.41, 5.74) is -0.0129. The molecule has 0 spiro atoms. The number of rotatable bonds is 2. The number of nitrogens with one attached hydrogen (secondary N) is 1. The number of aliphatic hydroxyl groups excluding tert-OH is 1. The minimum absolute atomic E-state index is 0.0781. The first-order chi connectivity index (χ1) is 6.76. The summed E-state index contributed by atoms with van der Waals surface area (Å²) in [4.78, 5) is 11.5. The predicted octanol–water partition coefficient (Wildman–Crippen LogP) is 1.59. The van der Waals surface area contributed by atoms with Crippen molar-refractivity contribution in [2.24, 2.45) is 0 Å². The standard InChI is InChI=1S/C11H19NO3/c1-8-5-11(6-8,7-13)12-9(14)15-10(2,3)4/h13H,1,5-7H2,2-4H3,(H,12,14). The maximum Gasteiger partial charge on any atom is 0.408 e. The maximum absolute atomic E-state index is 11.5. The van der Waals surface area contributed by atoms with Gasteiger partial charge in [-0.2, -0.15) is 0 Å². The lowest BCUT2D eigenvalue weighted by Gasteiger charge is -2.42. The molecule has 1 rings (SSSR count). The Morgan fingerprint density at radius 3 is 2.47 bits per heavy atom. The van der Waals surface area contributed by atoms with Gasteiger partial charge in [0, 0.05) is 0 Å². The molecular formula is C11H19NO3. The first-order valence-corrected chi connectivity index (χ1v) is 5.05. The number of aliphatic hydroxyl groups is 1. The Morgan fingerprint density at radius 2 is 2.13 bits per heavy atom. The molecule has 86 valence electrons. The highest BCUT2D eigenvalue weighted by atomic mass is 16.6. The summed E-state index contributed by atoms with van der Waals surface area (Å²) in [6.45, 7) is 9.11. The van der Waals surface area contributed by atoms with Crippen LogP contribution in [-0.2, 0) is 4.74 Å². The summed E-state index contributed by atoms with van der Waals surface area (Å²) in [6, 6.07) is 0. The van der Waals surface area contributed by atoms with Crippen LogP contribution in [0.25, 0.3) is 0 Å². The molecule has 0 aromatic heterocycles. The molecule has 15 heavy (non-hydrogen) atoms. The van der Waals surface area contributed by atoms with Crippen LogP contribution >= 0.6 is 0 Å². The summed E-state index contributed by atoms with van der Waals surface area (Å²) in [5.74, 6) is 0. The van der Waals surface area contributed by atoms with E-state index in [2.05, 4.69) is 11.9 Å². The van der Waals surface area contributed by atoms with Crippen LogP contribution in [0.3, 0.4) is 0 Å². The highest BCUT2D eigenvalue weighted by Gasteiger charge is 2.41. The van der Waals surface area contributed by atoms with Gasteiger partial charge in [0.05, 0.1) is 12.1 Å². The van der Waals surface area contributed by atoms with Gasteiger partial charge >= 0.3 is 6.09 Å². The van der Waals surface area contributed by atoms with Crippen molar-refractivity contribution in [2.45, 2.75) is 44.8 Å². The van der Waals surface area contributed by atoms with E-state index in [1.54, 1.807) is 20.8 Å². The molecule has 0 atom stereocenters. The molecule has 4 heteroatoms. The fourth-order valence-electron chi connectivity index (χ4n) is 1.67. The van der Waals surface area contributed by atoms with Gasteiger partial charge in [0.1, 0.15) is 5.60 Å². The van der Waals surface area contributed by atoms with Gasteiger partial charge < -0.3 is 15.2 Å². The van der Waals surface area contributed by atoms with Crippen LogP contribution in [0, 0.1) is 0 Å². The fraction of sp³-hybridized carbons (Fsp3) is 0.727. The van der Waals surface area contributed by atoms with Crippen LogP contribution in [0.15, 0.2) is 12.2 Å². The topological polar surface area (TPSA) is 58.6 Å². The molecule has 0 saturated heterocycles. The average molecular weight is 213 g/mol. The molecule has 1 fully saturated rings. The molecule has 0 aliphatic heterocycles. The minimum atomic E-state index is -0.542. The lowest BCUT2D eigenvalue weighted by atomic mass is 9.74. The molecule has 0 bridgehead atoms. The third kappa shape index (κ3) is 3.23. The molecule has 1 saturated carbocycles. The summed E-state index contributed by atoms with van der Waals surface area (Å²) in [6.07, 6.45) is 0.773. The third-order valence-electron chi connectivity index (χ3n) is 2.25. The van der Waals surface area contributed by atoms with E-state index >= 15 is 0 Å². The number of hydrogen-bond acceptors (Lipinski definition) is 3. The van der Waals surface area contributed by atoms with E-state index in [0.717, 1.165) is 5.57 Å². The first kappa shape index (κ1) is 12.0. The van der Waals surface area contributed by atoms with Crippen molar-refractivity contribution in [3.05, 3.63) is 12.2 Å². The number of ether oxygens (including phenoxy) is 1. The van der Waals surface area contributed by atoms with Crippen LogP contribution in [-0.4, -0.2) is 28.9 Å². The van der Waals surface area contributed by atoms with Gasteiger partial charge in [-0.25, -0.2) is 4.79 Å². The number of carbonyl (C=O) groups excluding carboxylic acids is 1. The second-order valence-electron chi connectivity index (χ2n) is 5.17. The summed E-state index contributed by atoms with van der Waals surface area (Å²) in [7, 11) is 0. The smallest absolute Gasteiger partial charge is 0.408 e. The largest absolute Gasteiger partial charge is 0.444 e. The number of amides is 1. The predicted molar refractivity (Wildman–Crippen MR) is 57.6 cm³/mol. The van der Waals surface area contributed by atoms with Crippen LogP contribution in [0.4, 0.5) is 4.79 Å². The van der Waals surface area contributed by atoms with E-state index < -0.39 is 17.2 Å². The highest BCUT2D eigenvalue weighted by molar-refractivity contribution is 5.69. The Balaban J connectivity index is 2.47. The van der Waals surface area contributed by atoms with E-state index in [4.69, 9.17) is 4.74 Å². The van der Waals surface area contributed by atoms with Crippen molar-refractivity contribution in [3.8, 4) is 0 Å². The van der Waals surface area contributed by atoms with Gasteiger partial charge in [-0.05, 0) is 33.6 Å². The number of hydrogen-bond donors (Lipinski definition) is 2. The van der Waals surface area contributed by atoms with Crippen molar-refractivity contribution >= 4 is 6.09 Å². The van der Waals surface area contributed by atoms with Crippen molar-refractivity contribution in [2.75, 3.05) is 6.61 Å². The van der Waals surface area contributed by atoms with E-state index in [1.165, 1.54) is 0 Å². The average Bonchev–Trinajstić information content (AvgIpc) is 1.97. The Hall–Kier alpha value is -1.03. The maximum atomic E-state index is 11.5. The van der Waals surface area contributed by atoms with Crippen molar-refractivity contribution in [1.82, 2.24) is 5.32 Å². The number of alkyl carbamates (subject to hydrolysis) is 1. The Bertz CT molecular complexity index is 270. The molecule has 0 aromatic carbocycles. The second kappa shape index (κ2) is 3.85. The van der Waals surface area contributed by atoms with Crippen molar-refractivity contribution in [1.29, 1.82) is 0 Å². The van der Waals surface area contributed by atoms with Crippen LogP contribution in [0.2, 0.25) is 0 Å².